The molecule has 0 saturated carbocycles. The van der Waals surface area contributed by atoms with Gasteiger partial charge in [0.05, 0.1) is 4.88 Å². The Morgan fingerprint density at radius 2 is 1.71 bits per heavy atom. The van der Waals surface area contributed by atoms with E-state index in [2.05, 4.69) is 33.8 Å². The molecule has 3 rings (SSSR count). The van der Waals surface area contributed by atoms with Crippen molar-refractivity contribution in [2.75, 3.05) is 0 Å². The molecule has 0 saturated heterocycles. The minimum atomic E-state index is 0.940. The molecular formula is C13H11N3S. The maximum atomic E-state index is 4.45. The van der Waals surface area contributed by atoms with E-state index in [-0.39, 0.29) is 0 Å². The van der Waals surface area contributed by atoms with Gasteiger partial charge in [0, 0.05) is 12.6 Å². The van der Waals surface area contributed by atoms with Crippen molar-refractivity contribution < 1.29 is 0 Å². The van der Waals surface area contributed by atoms with Gasteiger partial charge in [0.2, 0.25) is 0 Å². The van der Waals surface area contributed by atoms with Crippen LogP contribution in [0.3, 0.4) is 0 Å². The maximum absolute atomic E-state index is 4.45. The molecule has 0 fully saturated rings. The van der Waals surface area contributed by atoms with E-state index in [1.807, 2.05) is 31.3 Å². The van der Waals surface area contributed by atoms with Crippen LogP contribution in [-0.4, -0.2) is 15.0 Å². The van der Waals surface area contributed by atoms with E-state index in [0.717, 1.165) is 21.8 Å². The third-order valence-corrected chi connectivity index (χ3v) is 3.39. The van der Waals surface area contributed by atoms with Crippen LogP contribution in [0.2, 0.25) is 0 Å². The van der Waals surface area contributed by atoms with Crippen molar-refractivity contribution in [3.63, 3.8) is 0 Å². The number of nitrogens with zero attached hydrogens (tertiary/aromatic N) is 3. The molecule has 0 unspecified atom stereocenters. The van der Waals surface area contributed by atoms with Crippen LogP contribution in [0.4, 0.5) is 0 Å². The van der Waals surface area contributed by atoms with Crippen LogP contribution >= 0.6 is 11.3 Å². The van der Waals surface area contributed by atoms with Crippen molar-refractivity contribution in [3.05, 3.63) is 47.8 Å². The molecule has 3 nitrogen and oxygen atoms in total. The molecule has 0 bridgehead atoms. The Morgan fingerprint density at radius 3 is 2.41 bits per heavy atom. The summed E-state index contributed by atoms with van der Waals surface area (Å²) in [5, 5.41) is 10.9. The first kappa shape index (κ1) is 10.2. The predicted molar refractivity (Wildman–Crippen MR) is 69.8 cm³/mol. The summed E-state index contributed by atoms with van der Waals surface area (Å²) in [5.74, 6) is 0. The molecule has 17 heavy (non-hydrogen) atoms. The molecule has 0 N–H and O–H groups in total. The third-order valence-electron chi connectivity index (χ3n) is 2.52. The lowest BCUT2D eigenvalue weighted by Crippen LogP contribution is -1.91. The van der Waals surface area contributed by atoms with Crippen LogP contribution in [0.5, 0.6) is 0 Å². The summed E-state index contributed by atoms with van der Waals surface area (Å²) in [6.45, 7) is 0. The van der Waals surface area contributed by atoms with Crippen molar-refractivity contribution in [2.45, 2.75) is 0 Å². The van der Waals surface area contributed by atoms with Crippen molar-refractivity contribution in [1.29, 1.82) is 0 Å². The number of rotatable bonds is 2. The van der Waals surface area contributed by atoms with Crippen LogP contribution < -0.4 is 0 Å². The molecule has 0 amide bonds. The standard InChI is InChI=1S/C13H11N3S/c1-16-14-12(10-6-3-2-4-7-10)13(15-16)11-8-5-9-17-11/h2-9H,1H3. The summed E-state index contributed by atoms with van der Waals surface area (Å²) >= 11 is 1.68. The van der Waals surface area contributed by atoms with Gasteiger partial charge in [-0.2, -0.15) is 15.0 Å². The summed E-state index contributed by atoms with van der Waals surface area (Å²) in [5.41, 5.74) is 2.99. The second-order valence-electron chi connectivity index (χ2n) is 3.73. The van der Waals surface area contributed by atoms with Crippen LogP contribution in [0.15, 0.2) is 47.8 Å². The molecule has 1 aromatic carbocycles. The SMILES string of the molecule is Cn1nc(-c2ccccc2)c(-c2cccs2)n1. The highest BCUT2D eigenvalue weighted by atomic mass is 32.1. The molecule has 4 heteroatoms. The second-order valence-corrected chi connectivity index (χ2v) is 4.68. The Morgan fingerprint density at radius 1 is 0.941 bits per heavy atom. The molecule has 3 aromatic rings. The summed E-state index contributed by atoms with van der Waals surface area (Å²) in [4.78, 5) is 2.77. The van der Waals surface area contributed by atoms with E-state index in [0.29, 0.717) is 0 Å². The average molecular weight is 241 g/mol. The topological polar surface area (TPSA) is 30.7 Å². The first-order valence-corrected chi connectivity index (χ1v) is 6.23. The van der Waals surface area contributed by atoms with Gasteiger partial charge in [0.15, 0.2) is 0 Å². The monoisotopic (exact) mass is 241 g/mol. The highest BCUT2D eigenvalue weighted by molar-refractivity contribution is 7.13. The maximum Gasteiger partial charge on any atom is 0.130 e. The number of hydrogen-bond acceptors (Lipinski definition) is 3. The van der Waals surface area contributed by atoms with Crippen LogP contribution in [0.25, 0.3) is 21.8 Å². The second kappa shape index (κ2) is 4.14. The normalized spacial score (nSPS) is 10.6. The molecule has 2 aromatic heterocycles. The fourth-order valence-corrected chi connectivity index (χ4v) is 2.49. The van der Waals surface area contributed by atoms with E-state index in [1.165, 1.54) is 0 Å². The highest BCUT2D eigenvalue weighted by Gasteiger charge is 2.14. The van der Waals surface area contributed by atoms with Crippen LogP contribution in [-0.2, 0) is 7.05 Å². The molecule has 0 aliphatic heterocycles. The zero-order valence-corrected chi connectivity index (χ0v) is 10.2. The molecular weight excluding hydrogens is 230 g/mol. The zero-order chi connectivity index (χ0) is 11.7. The van der Waals surface area contributed by atoms with Gasteiger partial charge < -0.3 is 0 Å². The molecule has 0 spiro atoms. The zero-order valence-electron chi connectivity index (χ0n) is 9.37. The first-order valence-electron chi connectivity index (χ1n) is 5.35. The summed E-state index contributed by atoms with van der Waals surface area (Å²) in [7, 11) is 1.85. The molecule has 0 aliphatic carbocycles. The summed E-state index contributed by atoms with van der Waals surface area (Å²) < 4.78 is 0. The molecule has 2 heterocycles. The first-order chi connectivity index (χ1) is 8.34. The van der Waals surface area contributed by atoms with Crippen molar-refractivity contribution in [1.82, 2.24) is 15.0 Å². The van der Waals surface area contributed by atoms with Crippen molar-refractivity contribution in [3.8, 4) is 21.8 Å². The van der Waals surface area contributed by atoms with Gasteiger partial charge in [-0.3, -0.25) is 0 Å². The Kier molecular flexibility index (Phi) is 2.49. The van der Waals surface area contributed by atoms with E-state index in [1.54, 1.807) is 16.1 Å². The lowest BCUT2D eigenvalue weighted by atomic mass is 10.1. The number of benzene rings is 1. The van der Waals surface area contributed by atoms with Gasteiger partial charge in [-0.05, 0) is 11.4 Å². The fraction of sp³-hybridized carbons (Fsp3) is 0.0769. The highest BCUT2D eigenvalue weighted by Crippen LogP contribution is 2.31. The van der Waals surface area contributed by atoms with E-state index >= 15 is 0 Å². The minimum Gasteiger partial charge on any atom is -0.187 e. The number of hydrogen-bond donors (Lipinski definition) is 0. The molecule has 0 radical (unpaired) electrons. The van der Waals surface area contributed by atoms with Crippen LogP contribution in [0.1, 0.15) is 0 Å². The average Bonchev–Trinajstić information content (AvgIpc) is 2.98. The van der Waals surface area contributed by atoms with Crippen LogP contribution in [0, 0.1) is 0 Å². The smallest absolute Gasteiger partial charge is 0.130 e. The third kappa shape index (κ3) is 1.87. The minimum absolute atomic E-state index is 0.940. The Bertz CT molecular complexity index is 611. The van der Waals surface area contributed by atoms with Gasteiger partial charge in [-0.1, -0.05) is 36.4 Å². The van der Waals surface area contributed by atoms with Crippen molar-refractivity contribution in [2.24, 2.45) is 7.05 Å². The fourth-order valence-electron chi connectivity index (χ4n) is 1.78. The molecule has 84 valence electrons. The van der Waals surface area contributed by atoms with Gasteiger partial charge >= 0.3 is 0 Å². The Balaban J connectivity index is 2.18. The van der Waals surface area contributed by atoms with E-state index in [9.17, 15) is 0 Å². The quantitative estimate of drug-likeness (QED) is 0.689. The molecule has 0 atom stereocenters. The van der Waals surface area contributed by atoms with E-state index in [4.69, 9.17) is 0 Å². The summed E-state index contributed by atoms with van der Waals surface area (Å²) in [6.07, 6.45) is 0. The van der Waals surface area contributed by atoms with Gasteiger partial charge in [-0.15, -0.1) is 11.3 Å². The largest absolute Gasteiger partial charge is 0.187 e. The lowest BCUT2D eigenvalue weighted by Gasteiger charge is -1.97. The summed E-state index contributed by atoms with van der Waals surface area (Å²) in [6, 6.07) is 14.3. The van der Waals surface area contributed by atoms with E-state index < -0.39 is 0 Å². The van der Waals surface area contributed by atoms with Crippen molar-refractivity contribution >= 4 is 11.3 Å². The predicted octanol–water partition coefficient (Wildman–Crippen LogP) is 3.21. The van der Waals surface area contributed by atoms with Gasteiger partial charge in [0.25, 0.3) is 0 Å². The van der Waals surface area contributed by atoms with Gasteiger partial charge in [0.1, 0.15) is 11.4 Å². The number of aryl methyl sites for hydroxylation is 1. The van der Waals surface area contributed by atoms with Gasteiger partial charge in [-0.25, -0.2) is 0 Å². The number of aromatic nitrogens is 3. The Labute approximate surface area is 103 Å². The lowest BCUT2D eigenvalue weighted by molar-refractivity contribution is 0.657. The molecule has 0 aliphatic rings. The number of thiophene rings is 1. The Hall–Kier alpha value is -1.94.